The molecule has 2 fully saturated rings. The summed E-state index contributed by atoms with van der Waals surface area (Å²) in [4.78, 5) is 26.5. The van der Waals surface area contributed by atoms with E-state index in [4.69, 9.17) is 9.26 Å². The Kier molecular flexibility index (Phi) is 4.02. The highest BCUT2D eigenvalue weighted by molar-refractivity contribution is 5.83. The number of aryl methyl sites for hydroxylation is 1. The van der Waals surface area contributed by atoms with Crippen molar-refractivity contribution < 1.29 is 24.0 Å². The number of ether oxygens (including phenoxy) is 1. The lowest BCUT2D eigenvalue weighted by Crippen LogP contribution is -2.40. The van der Waals surface area contributed by atoms with E-state index in [1.165, 1.54) is 4.90 Å². The van der Waals surface area contributed by atoms with Crippen molar-refractivity contribution in [3.8, 4) is 0 Å². The van der Waals surface area contributed by atoms with Crippen LogP contribution < -0.4 is 0 Å². The molecule has 2 saturated heterocycles. The van der Waals surface area contributed by atoms with E-state index < -0.39 is 12.2 Å². The summed E-state index contributed by atoms with van der Waals surface area (Å²) in [5, 5.41) is 13.9. The molecule has 120 valence electrons. The van der Waals surface area contributed by atoms with Crippen LogP contribution in [0, 0.1) is 12.8 Å². The Balaban J connectivity index is 1.55. The predicted molar refractivity (Wildman–Crippen MR) is 73.9 cm³/mol. The molecule has 0 radical (unpaired) electrons. The van der Waals surface area contributed by atoms with Gasteiger partial charge in [-0.1, -0.05) is 5.16 Å². The number of carbonyl (C=O) groups is 2. The summed E-state index contributed by atoms with van der Waals surface area (Å²) in [6.45, 7) is 3.31. The zero-order valence-electron chi connectivity index (χ0n) is 12.4. The van der Waals surface area contributed by atoms with Crippen molar-refractivity contribution in [3.05, 3.63) is 17.5 Å². The van der Waals surface area contributed by atoms with Gasteiger partial charge >= 0.3 is 6.09 Å². The molecule has 0 aromatic carbocycles. The molecule has 0 saturated carbocycles. The topological polar surface area (TPSA) is 96.1 Å². The highest BCUT2D eigenvalue weighted by Gasteiger charge is 2.36. The zero-order chi connectivity index (χ0) is 15.7. The first-order valence-corrected chi connectivity index (χ1v) is 7.32. The van der Waals surface area contributed by atoms with Crippen molar-refractivity contribution in [2.45, 2.75) is 19.4 Å². The van der Waals surface area contributed by atoms with Crippen LogP contribution in [0.2, 0.25) is 0 Å². The Morgan fingerprint density at radius 2 is 2.32 bits per heavy atom. The first-order chi connectivity index (χ1) is 10.5. The summed E-state index contributed by atoms with van der Waals surface area (Å²) in [7, 11) is 0. The van der Waals surface area contributed by atoms with Crippen LogP contribution in [0.1, 0.15) is 11.5 Å². The number of likely N-dealkylation sites (tertiary alicyclic amines) is 1. The molecule has 0 bridgehead atoms. The average molecular weight is 309 g/mol. The number of β-amino-alcohol motifs (C(OH)–C–C–N with tert-alkyl or cyclic N) is 1. The zero-order valence-corrected chi connectivity index (χ0v) is 12.4. The number of nitrogens with zero attached hydrogens (tertiary/aromatic N) is 3. The molecule has 0 unspecified atom stereocenters. The number of cyclic esters (lactones) is 1. The lowest BCUT2D eigenvalue weighted by Gasteiger charge is -2.19. The number of amides is 2. The third-order valence-electron chi connectivity index (χ3n) is 4.07. The van der Waals surface area contributed by atoms with Gasteiger partial charge in [0.25, 0.3) is 0 Å². The molecule has 22 heavy (non-hydrogen) atoms. The van der Waals surface area contributed by atoms with Gasteiger partial charge in [0.05, 0.1) is 18.3 Å². The van der Waals surface area contributed by atoms with Crippen molar-refractivity contribution in [1.29, 1.82) is 0 Å². The second-order valence-electron chi connectivity index (χ2n) is 5.80. The molecule has 1 N–H and O–H groups in total. The van der Waals surface area contributed by atoms with Crippen molar-refractivity contribution in [2.24, 2.45) is 5.92 Å². The fourth-order valence-corrected chi connectivity index (χ4v) is 2.86. The molecule has 2 aliphatic heterocycles. The quantitative estimate of drug-likeness (QED) is 0.827. The molecule has 2 atom stereocenters. The van der Waals surface area contributed by atoms with E-state index in [0.29, 0.717) is 31.9 Å². The Bertz CT molecular complexity index is 573. The second-order valence-corrected chi connectivity index (χ2v) is 5.80. The molecule has 8 nitrogen and oxygen atoms in total. The summed E-state index contributed by atoms with van der Waals surface area (Å²) in [6, 6.07) is 1.83. The van der Waals surface area contributed by atoms with Crippen molar-refractivity contribution in [2.75, 3.05) is 32.8 Å². The van der Waals surface area contributed by atoms with Gasteiger partial charge in [0, 0.05) is 31.5 Å². The fraction of sp³-hybridized carbons (Fsp3) is 0.643. The van der Waals surface area contributed by atoms with Crippen molar-refractivity contribution in [1.82, 2.24) is 15.0 Å². The third-order valence-corrected chi connectivity index (χ3v) is 4.07. The summed E-state index contributed by atoms with van der Waals surface area (Å²) >= 11 is 0. The highest BCUT2D eigenvalue weighted by Crippen LogP contribution is 2.22. The smallest absolute Gasteiger partial charge is 0.410 e. The Labute approximate surface area is 127 Å². The largest absolute Gasteiger partial charge is 0.448 e. The van der Waals surface area contributed by atoms with Crippen molar-refractivity contribution >= 4 is 12.0 Å². The minimum absolute atomic E-state index is 0.000309. The molecule has 0 aliphatic carbocycles. The van der Waals surface area contributed by atoms with Crippen LogP contribution >= 0.6 is 0 Å². The molecule has 2 amide bonds. The van der Waals surface area contributed by atoms with Gasteiger partial charge in [0.15, 0.2) is 0 Å². The van der Waals surface area contributed by atoms with E-state index in [-0.39, 0.29) is 24.9 Å². The van der Waals surface area contributed by atoms with Crippen LogP contribution in [-0.2, 0) is 16.0 Å². The first-order valence-electron chi connectivity index (χ1n) is 7.32. The molecule has 0 spiro atoms. The van der Waals surface area contributed by atoms with Gasteiger partial charge in [-0.15, -0.1) is 0 Å². The second kappa shape index (κ2) is 5.96. The van der Waals surface area contributed by atoms with Gasteiger partial charge < -0.3 is 19.3 Å². The molecular formula is C14H19N3O5. The number of aromatic nitrogens is 1. The Morgan fingerprint density at radius 1 is 1.50 bits per heavy atom. The van der Waals surface area contributed by atoms with E-state index in [9.17, 15) is 14.7 Å². The number of hydrogen-bond donors (Lipinski definition) is 1. The third kappa shape index (κ3) is 3.06. The van der Waals surface area contributed by atoms with Gasteiger partial charge in [-0.2, -0.15) is 0 Å². The van der Waals surface area contributed by atoms with Gasteiger partial charge in [0.1, 0.15) is 18.9 Å². The van der Waals surface area contributed by atoms with E-state index in [0.717, 1.165) is 5.69 Å². The number of aliphatic hydroxyl groups is 1. The first kappa shape index (κ1) is 14.8. The van der Waals surface area contributed by atoms with E-state index in [2.05, 4.69) is 5.16 Å². The lowest BCUT2D eigenvalue weighted by atomic mass is 10.0. The van der Waals surface area contributed by atoms with Gasteiger partial charge in [-0.3, -0.25) is 9.69 Å². The monoisotopic (exact) mass is 309 g/mol. The SMILES string of the molecule is Cc1cc(C[C@@H]2CN(C(=O)CN3CCOC3=O)C[C@H]2O)on1. The normalized spacial score (nSPS) is 24.9. The highest BCUT2D eigenvalue weighted by atomic mass is 16.6. The van der Waals surface area contributed by atoms with Crippen LogP contribution in [0.15, 0.2) is 10.6 Å². The molecule has 1 aromatic rings. The number of carbonyl (C=O) groups excluding carboxylic acids is 2. The molecule has 1 aromatic heterocycles. The standard InChI is InChI=1S/C14H19N3O5/c1-9-4-11(22-15-9)5-10-6-17(7-12(10)18)13(19)8-16-2-3-21-14(16)20/h4,10,12,18H,2-3,5-8H2,1H3/t10-,12-/m1/s1. The summed E-state index contributed by atoms with van der Waals surface area (Å²) in [5.74, 6) is 0.454. The Hall–Kier alpha value is -2.09. The number of aliphatic hydroxyl groups excluding tert-OH is 1. The minimum Gasteiger partial charge on any atom is -0.448 e. The van der Waals surface area contributed by atoms with E-state index in [1.54, 1.807) is 4.90 Å². The summed E-state index contributed by atoms with van der Waals surface area (Å²) < 4.78 is 9.96. The fourth-order valence-electron chi connectivity index (χ4n) is 2.86. The average Bonchev–Trinajstić information content (AvgIpc) is 3.15. The predicted octanol–water partition coefficient (Wildman–Crippen LogP) is -0.203. The van der Waals surface area contributed by atoms with Gasteiger partial charge in [-0.05, 0) is 6.92 Å². The molecule has 3 heterocycles. The van der Waals surface area contributed by atoms with E-state index >= 15 is 0 Å². The Morgan fingerprint density at radius 3 is 2.95 bits per heavy atom. The van der Waals surface area contributed by atoms with Gasteiger partial charge in [0.2, 0.25) is 5.91 Å². The number of hydrogen-bond acceptors (Lipinski definition) is 6. The summed E-state index contributed by atoms with van der Waals surface area (Å²) in [6.07, 6.45) is -0.515. The minimum atomic E-state index is -0.597. The maximum Gasteiger partial charge on any atom is 0.410 e. The van der Waals surface area contributed by atoms with Crippen LogP contribution in [-0.4, -0.2) is 71.0 Å². The van der Waals surface area contributed by atoms with Gasteiger partial charge in [-0.25, -0.2) is 4.79 Å². The molecular weight excluding hydrogens is 290 g/mol. The number of rotatable bonds is 4. The summed E-state index contributed by atoms with van der Waals surface area (Å²) in [5.41, 5.74) is 0.794. The van der Waals surface area contributed by atoms with Crippen LogP contribution in [0.4, 0.5) is 4.79 Å². The van der Waals surface area contributed by atoms with Crippen molar-refractivity contribution in [3.63, 3.8) is 0 Å². The molecule has 8 heteroatoms. The maximum absolute atomic E-state index is 12.2. The van der Waals surface area contributed by atoms with Crippen LogP contribution in [0.25, 0.3) is 0 Å². The lowest BCUT2D eigenvalue weighted by molar-refractivity contribution is -0.131. The van der Waals surface area contributed by atoms with Crippen LogP contribution in [0.5, 0.6) is 0 Å². The molecule has 2 aliphatic rings. The molecule has 3 rings (SSSR count). The van der Waals surface area contributed by atoms with E-state index in [1.807, 2.05) is 13.0 Å². The maximum atomic E-state index is 12.2. The van der Waals surface area contributed by atoms with Crippen LogP contribution in [0.3, 0.4) is 0 Å².